The van der Waals surface area contributed by atoms with E-state index >= 15 is 0 Å². The molecule has 0 aliphatic carbocycles. The van der Waals surface area contributed by atoms with Gasteiger partial charge in [-0.1, -0.05) is 24.3 Å². The molecule has 0 saturated heterocycles. The summed E-state index contributed by atoms with van der Waals surface area (Å²) in [6, 6.07) is 12.2. The van der Waals surface area contributed by atoms with Gasteiger partial charge in [0, 0.05) is 23.3 Å². The Labute approximate surface area is 148 Å². The van der Waals surface area contributed by atoms with Crippen LogP contribution in [0.1, 0.15) is 26.3 Å². The Morgan fingerprint density at radius 3 is 2.44 bits per heavy atom. The zero-order chi connectivity index (χ0) is 18.4. The van der Waals surface area contributed by atoms with Gasteiger partial charge < -0.3 is 0 Å². The molecule has 0 fully saturated rings. The first-order chi connectivity index (χ1) is 11.9. The molecule has 0 saturated carbocycles. The van der Waals surface area contributed by atoms with Crippen LogP contribution in [-0.2, 0) is 0 Å². The number of nitrogens with one attached hydrogen (secondary N) is 3. The van der Waals surface area contributed by atoms with Crippen LogP contribution in [0.5, 0.6) is 0 Å². The molecule has 3 N–H and O–H groups in total. The molecule has 8 nitrogen and oxygen atoms in total. The summed E-state index contributed by atoms with van der Waals surface area (Å²) in [6.45, 7) is 1.79. The summed E-state index contributed by atoms with van der Waals surface area (Å²) in [5.41, 5.74) is 5.76. The number of nitrogens with zero attached hydrogens (tertiary/aromatic N) is 1. The van der Waals surface area contributed by atoms with Crippen LogP contribution in [0.2, 0.25) is 0 Å². The van der Waals surface area contributed by atoms with Gasteiger partial charge in [-0.15, -0.1) is 0 Å². The maximum atomic E-state index is 12.1. The van der Waals surface area contributed by atoms with E-state index in [1.165, 1.54) is 18.2 Å². The van der Waals surface area contributed by atoms with E-state index in [0.29, 0.717) is 5.56 Å². The molecule has 2 amide bonds. The second-order valence-electron chi connectivity index (χ2n) is 4.98. The number of hydrogen-bond donors (Lipinski definition) is 3. The van der Waals surface area contributed by atoms with Gasteiger partial charge in [0.15, 0.2) is 5.11 Å². The molecule has 128 valence electrons. The molecule has 0 spiro atoms. The van der Waals surface area contributed by atoms with Crippen LogP contribution >= 0.6 is 12.2 Å². The van der Waals surface area contributed by atoms with Crippen LogP contribution in [0.3, 0.4) is 0 Å². The van der Waals surface area contributed by atoms with Gasteiger partial charge in [0.2, 0.25) is 0 Å². The second-order valence-corrected chi connectivity index (χ2v) is 5.39. The molecule has 2 aromatic carbocycles. The predicted octanol–water partition coefficient (Wildman–Crippen LogP) is 1.85. The summed E-state index contributed by atoms with van der Waals surface area (Å²) in [5.74, 6) is -1.05. The molecule has 2 aromatic rings. The fourth-order valence-corrected chi connectivity index (χ4v) is 2.12. The molecule has 0 heterocycles. The van der Waals surface area contributed by atoms with Crippen molar-refractivity contribution in [3.8, 4) is 0 Å². The molecule has 9 heteroatoms. The lowest BCUT2D eigenvalue weighted by atomic mass is 10.1. The van der Waals surface area contributed by atoms with E-state index in [1.54, 1.807) is 25.1 Å². The first-order valence-electron chi connectivity index (χ1n) is 7.10. The minimum atomic E-state index is -0.629. The van der Waals surface area contributed by atoms with Crippen molar-refractivity contribution in [2.75, 3.05) is 0 Å². The van der Waals surface area contributed by atoms with Crippen molar-refractivity contribution in [3.63, 3.8) is 0 Å². The number of benzene rings is 2. The molecule has 25 heavy (non-hydrogen) atoms. The Kier molecular flexibility index (Phi) is 5.75. The number of hydrogen-bond acceptors (Lipinski definition) is 5. The average molecular weight is 358 g/mol. The molecule has 0 atom stereocenters. The molecule has 0 aliphatic heterocycles. The number of non-ortho nitro benzene ring substituents is 1. The van der Waals surface area contributed by atoms with Crippen molar-refractivity contribution < 1.29 is 14.5 Å². The van der Waals surface area contributed by atoms with Crippen LogP contribution in [0.4, 0.5) is 5.69 Å². The summed E-state index contributed by atoms with van der Waals surface area (Å²) in [6.07, 6.45) is 0. The van der Waals surface area contributed by atoms with E-state index in [4.69, 9.17) is 12.2 Å². The van der Waals surface area contributed by atoms with E-state index in [2.05, 4.69) is 16.2 Å². The summed E-state index contributed by atoms with van der Waals surface area (Å²) < 4.78 is 0. The van der Waals surface area contributed by atoms with Crippen molar-refractivity contribution in [2.45, 2.75) is 6.92 Å². The highest BCUT2D eigenvalue weighted by Crippen LogP contribution is 2.12. The molecule has 0 radical (unpaired) electrons. The summed E-state index contributed by atoms with van der Waals surface area (Å²) in [4.78, 5) is 34.2. The number of nitro benzene ring substituents is 1. The molecular formula is C16H14N4O4S. The maximum absolute atomic E-state index is 12.1. The highest BCUT2D eigenvalue weighted by molar-refractivity contribution is 7.80. The SMILES string of the molecule is Cc1ccccc1C(=O)NC(=S)NNC(=O)c1cccc([N+](=O)[O-])c1. The van der Waals surface area contributed by atoms with Gasteiger partial charge in [-0.25, -0.2) is 0 Å². The molecule has 0 aliphatic rings. The molecular weight excluding hydrogens is 344 g/mol. The van der Waals surface area contributed by atoms with Gasteiger partial charge in [0.1, 0.15) is 0 Å². The number of amides is 2. The van der Waals surface area contributed by atoms with Crippen LogP contribution in [-0.4, -0.2) is 21.9 Å². The maximum Gasteiger partial charge on any atom is 0.270 e. The fourth-order valence-electron chi connectivity index (χ4n) is 1.98. The van der Waals surface area contributed by atoms with Gasteiger partial charge in [-0.2, -0.15) is 0 Å². The number of thiocarbonyl (C=S) groups is 1. The third kappa shape index (κ3) is 4.82. The van der Waals surface area contributed by atoms with E-state index in [-0.39, 0.29) is 16.4 Å². The zero-order valence-corrected chi connectivity index (χ0v) is 13.9. The molecule has 0 aromatic heterocycles. The normalized spacial score (nSPS) is 9.80. The van der Waals surface area contributed by atoms with E-state index in [1.807, 2.05) is 6.07 Å². The van der Waals surface area contributed by atoms with Crippen LogP contribution < -0.4 is 16.2 Å². The van der Waals surface area contributed by atoms with Crippen molar-refractivity contribution in [3.05, 3.63) is 75.3 Å². The molecule has 0 unspecified atom stereocenters. The first-order valence-corrected chi connectivity index (χ1v) is 7.51. The predicted molar refractivity (Wildman–Crippen MR) is 94.9 cm³/mol. The number of aryl methyl sites for hydroxylation is 1. The van der Waals surface area contributed by atoms with Gasteiger partial charge >= 0.3 is 0 Å². The Morgan fingerprint density at radius 1 is 1.04 bits per heavy atom. The molecule has 2 rings (SSSR count). The standard InChI is InChI=1S/C16H14N4O4S/c1-10-5-2-3-8-13(10)15(22)17-16(25)19-18-14(21)11-6-4-7-12(9-11)20(23)24/h2-9H,1H3,(H,18,21)(H2,17,19,22,25). The Bertz CT molecular complexity index is 854. The summed E-state index contributed by atoms with van der Waals surface area (Å²) in [7, 11) is 0. The zero-order valence-electron chi connectivity index (χ0n) is 13.1. The third-order valence-electron chi connectivity index (χ3n) is 3.23. The molecule has 0 bridgehead atoms. The quantitative estimate of drug-likeness (QED) is 0.438. The Morgan fingerprint density at radius 2 is 1.76 bits per heavy atom. The highest BCUT2D eigenvalue weighted by Gasteiger charge is 2.13. The lowest BCUT2D eigenvalue weighted by Crippen LogP contribution is -2.48. The van der Waals surface area contributed by atoms with E-state index in [0.717, 1.165) is 11.6 Å². The Balaban J connectivity index is 1.92. The van der Waals surface area contributed by atoms with Gasteiger partial charge in [0.25, 0.3) is 17.5 Å². The number of carbonyl (C=O) groups excluding carboxylic acids is 2. The largest absolute Gasteiger partial charge is 0.298 e. The third-order valence-corrected chi connectivity index (χ3v) is 3.43. The number of rotatable bonds is 3. The van der Waals surface area contributed by atoms with Crippen LogP contribution in [0, 0.1) is 17.0 Å². The number of nitro groups is 1. The van der Waals surface area contributed by atoms with Gasteiger partial charge in [0.05, 0.1) is 4.92 Å². The Hall–Kier alpha value is -3.33. The monoisotopic (exact) mass is 358 g/mol. The van der Waals surface area contributed by atoms with Crippen molar-refractivity contribution in [1.82, 2.24) is 16.2 Å². The van der Waals surface area contributed by atoms with Crippen molar-refractivity contribution >= 4 is 34.8 Å². The fraction of sp³-hybridized carbons (Fsp3) is 0.0625. The van der Waals surface area contributed by atoms with E-state index < -0.39 is 16.7 Å². The highest BCUT2D eigenvalue weighted by atomic mass is 32.1. The topological polar surface area (TPSA) is 113 Å². The van der Waals surface area contributed by atoms with Crippen molar-refractivity contribution in [2.24, 2.45) is 0 Å². The second kappa shape index (κ2) is 7.97. The minimum Gasteiger partial charge on any atom is -0.298 e. The van der Waals surface area contributed by atoms with Crippen LogP contribution in [0.15, 0.2) is 48.5 Å². The summed E-state index contributed by atoms with van der Waals surface area (Å²) >= 11 is 4.94. The smallest absolute Gasteiger partial charge is 0.270 e. The lowest BCUT2D eigenvalue weighted by molar-refractivity contribution is -0.384. The van der Waals surface area contributed by atoms with Gasteiger partial charge in [-0.05, 0) is 36.8 Å². The van der Waals surface area contributed by atoms with Crippen molar-refractivity contribution in [1.29, 1.82) is 0 Å². The lowest BCUT2D eigenvalue weighted by Gasteiger charge is -2.11. The number of carbonyl (C=O) groups is 2. The minimum absolute atomic E-state index is 0.0785. The van der Waals surface area contributed by atoms with Crippen LogP contribution in [0.25, 0.3) is 0 Å². The summed E-state index contributed by atoms with van der Waals surface area (Å²) in [5, 5.41) is 13.0. The van der Waals surface area contributed by atoms with E-state index in [9.17, 15) is 19.7 Å². The number of hydrazine groups is 1. The van der Waals surface area contributed by atoms with Gasteiger partial charge in [-0.3, -0.25) is 35.9 Å². The first kappa shape index (κ1) is 18.0. The average Bonchev–Trinajstić information content (AvgIpc) is 2.60.